The highest BCUT2D eigenvalue weighted by Crippen LogP contribution is 2.20. The van der Waals surface area contributed by atoms with Crippen molar-refractivity contribution in [2.45, 2.75) is 26.3 Å². The molecular formula is C17H16N4. The third-order valence-corrected chi connectivity index (χ3v) is 3.52. The van der Waals surface area contributed by atoms with Crippen molar-refractivity contribution in [3.05, 3.63) is 59.7 Å². The molecule has 2 heterocycles. The van der Waals surface area contributed by atoms with Gasteiger partial charge in [0.25, 0.3) is 0 Å². The number of nitriles is 1. The van der Waals surface area contributed by atoms with E-state index in [2.05, 4.69) is 22.5 Å². The topological polar surface area (TPSA) is 54.5 Å². The Hall–Kier alpha value is -2.67. The highest BCUT2D eigenvalue weighted by molar-refractivity contribution is 5.77. The molecule has 0 saturated carbocycles. The molecule has 0 unspecified atom stereocenters. The molecule has 4 heteroatoms. The second-order valence-electron chi connectivity index (χ2n) is 5.03. The molecule has 4 nitrogen and oxygen atoms in total. The van der Waals surface area contributed by atoms with Crippen molar-refractivity contribution in [2.75, 3.05) is 0 Å². The number of imidazole rings is 1. The molecule has 0 radical (unpaired) electrons. The SMILES string of the molecule is CCCn1c(Cc2ccncc2)nc2cc(C#N)ccc21. The summed E-state index contributed by atoms with van der Waals surface area (Å²) in [5.74, 6) is 1.04. The monoisotopic (exact) mass is 276 g/mol. The van der Waals surface area contributed by atoms with Crippen molar-refractivity contribution in [2.24, 2.45) is 0 Å². The quantitative estimate of drug-likeness (QED) is 0.734. The number of aryl methyl sites for hydroxylation is 1. The summed E-state index contributed by atoms with van der Waals surface area (Å²) in [6, 6.07) is 11.9. The van der Waals surface area contributed by atoms with Crippen LogP contribution in [0.4, 0.5) is 0 Å². The van der Waals surface area contributed by atoms with Crippen LogP contribution in [0.15, 0.2) is 42.7 Å². The number of pyridine rings is 1. The Bertz CT molecular complexity index is 797. The molecule has 3 rings (SSSR count). The van der Waals surface area contributed by atoms with Gasteiger partial charge in [-0.25, -0.2) is 4.98 Å². The van der Waals surface area contributed by atoms with Crippen LogP contribution in [0.3, 0.4) is 0 Å². The van der Waals surface area contributed by atoms with Gasteiger partial charge in [0.2, 0.25) is 0 Å². The van der Waals surface area contributed by atoms with Crippen molar-refractivity contribution in [1.29, 1.82) is 5.26 Å². The molecule has 0 amide bonds. The normalized spacial score (nSPS) is 10.7. The molecule has 0 bridgehead atoms. The van der Waals surface area contributed by atoms with Crippen LogP contribution in [-0.2, 0) is 13.0 Å². The van der Waals surface area contributed by atoms with Gasteiger partial charge in [-0.05, 0) is 42.3 Å². The zero-order valence-electron chi connectivity index (χ0n) is 12.0. The highest BCUT2D eigenvalue weighted by atomic mass is 15.1. The van der Waals surface area contributed by atoms with Crippen molar-refractivity contribution in [3.8, 4) is 6.07 Å². The van der Waals surface area contributed by atoms with Gasteiger partial charge in [0.1, 0.15) is 5.82 Å². The van der Waals surface area contributed by atoms with Crippen LogP contribution < -0.4 is 0 Å². The van der Waals surface area contributed by atoms with Gasteiger partial charge in [-0.3, -0.25) is 4.98 Å². The Labute approximate surface area is 123 Å². The average molecular weight is 276 g/mol. The fraction of sp³-hybridized carbons (Fsp3) is 0.235. The molecule has 1 aromatic carbocycles. The first-order valence-corrected chi connectivity index (χ1v) is 7.10. The van der Waals surface area contributed by atoms with Gasteiger partial charge in [0.15, 0.2) is 0 Å². The number of nitrogens with zero attached hydrogens (tertiary/aromatic N) is 4. The maximum atomic E-state index is 9.02. The van der Waals surface area contributed by atoms with Crippen LogP contribution in [0.5, 0.6) is 0 Å². The summed E-state index contributed by atoms with van der Waals surface area (Å²) < 4.78 is 2.25. The van der Waals surface area contributed by atoms with Crippen LogP contribution in [0, 0.1) is 11.3 Å². The fourth-order valence-corrected chi connectivity index (χ4v) is 2.54. The van der Waals surface area contributed by atoms with Gasteiger partial charge in [-0.15, -0.1) is 0 Å². The first-order valence-electron chi connectivity index (χ1n) is 7.10. The Balaban J connectivity index is 2.08. The van der Waals surface area contributed by atoms with E-state index in [1.165, 1.54) is 5.56 Å². The summed E-state index contributed by atoms with van der Waals surface area (Å²) in [5, 5.41) is 9.02. The molecule has 21 heavy (non-hydrogen) atoms. The van der Waals surface area contributed by atoms with Crippen LogP contribution in [-0.4, -0.2) is 14.5 Å². The Morgan fingerprint density at radius 3 is 2.71 bits per heavy atom. The van der Waals surface area contributed by atoms with Gasteiger partial charge in [0.05, 0.1) is 22.7 Å². The van der Waals surface area contributed by atoms with E-state index < -0.39 is 0 Å². The van der Waals surface area contributed by atoms with E-state index in [-0.39, 0.29) is 0 Å². The van der Waals surface area contributed by atoms with E-state index >= 15 is 0 Å². The first-order chi connectivity index (χ1) is 10.3. The Morgan fingerprint density at radius 2 is 2.00 bits per heavy atom. The molecule has 0 aliphatic carbocycles. The Morgan fingerprint density at radius 1 is 1.19 bits per heavy atom. The molecule has 0 aliphatic rings. The average Bonchev–Trinajstić information content (AvgIpc) is 2.85. The summed E-state index contributed by atoms with van der Waals surface area (Å²) in [7, 11) is 0. The van der Waals surface area contributed by atoms with Gasteiger partial charge in [-0.2, -0.15) is 5.26 Å². The number of hydrogen-bond acceptors (Lipinski definition) is 3. The number of fused-ring (bicyclic) bond motifs is 1. The maximum Gasteiger partial charge on any atom is 0.114 e. The fourth-order valence-electron chi connectivity index (χ4n) is 2.54. The minimum absolute atomic E-state index is 0.652. The van der Waals surface area contributed by atoms with Crippen molar-refractivity contribution in [3.63, 3.8) is 0 Å². The molecule has 0 saturated heterocycles. The first kappa shape index (κ1) is 13.3. The molecule has 104 valence electrons. The molecule has 2 aromatic heterocycles. The van der Waals surface area contributed by atoms with Crippen LogP contribution in [0.2, 0.25) is 0 Å². The van der Waals surface area contributed by atoms with Crippen LogP contribution >= 0.6 is 0 Å². The van der Waals surface area contributed by atoms with Crippen molar-refractivity contribution >= 4 is 11.0 Å². The molecular weight excluding hydrogens is 260 g/mol. The largest absolute Gasteiger partial charge is 0.328 e. The summed E-state index contributed by atoms with van der Waals surface area (Å²) >= 11 is 0. The number of rotatable bonds is 4. The van der Waals surface area contributed by atoms with Gasteiger partial charge >= 0.3 is 0 Å². The lowest BCUT2D eigenvalue weighted by Gasteiger charge is -2.07. The molecule has 0 atom stereocenters. The van der Waals surface area contributed by atoms with Crippen molar-refractivity contribution in [1.82, 2.24) is 14.5 Å². The second kappa shape index (κ2) is 5.76. The smallest absolute Gasteiger partial charge is 0.114 e. The lowest BCUT2D eigenvalue weighted by Crippen LogP contribution is -2.04. The van der Waals surface area contributed by atoms with Crippen LogP contribution in [0.25, 0.3) is 11.0 Å². The predicted octanol–water partition coefficient (Wildman–Crippen LogP) is 3.30. The van der Waals surface area contributed by atoms with Gasteiger partial charge in [-0.1, -0.05) is 6.92 Å². The van der Waals surface area contributed by atoms with E-state index in [9.17, 15) is 0 Å². The minimum Gasteiger partial charge on any atom is -0.328 e. The zero-order valence-corrected chi connectivity index (χ0v) is 12.0. The Kier molecular flexibility index (Phi) is 3.65. The zero-order chi connectivity index (χ0) is 14.7. The van der Waals surface area contributed by atoms with Gasteiger partial charge < -0.3 is 4.57 Å². The summed E-state index contributed by atoms with van der Waals surface area (Å²) in [5.41, 5.74) is 3.84. The number of hydrogen-bond donors (Lipinski definition) is 0. The van der Waals surface area contributed by atoms with E-state index in [1.807, 2.05) is 30.3 Å². The number of benzene rings is 1. The highest BCUT2D eigenvalue weighted by Gasteiger charge is 2.11. The molecule has 0 spiro atoms. The van der Waals surface area contributed by atoms with E-state index in [4.69, 9.17) is 10.2 Å². The van der Waals surface area contributed by atoms with E-state index in [0.29, 0.717) is 5.56 Å². The third-order valence-electron chi connectivity index (χ3n) is 3.52. The minimum atomic E-state index is 0.652. The lowest BCUT2D eigenvalue weighted by atomic mass is 10.2. The standard InChI is InChI=1S/C17H16N4/c1-2-9-21-16-4-3-14(12-18)10-15(16)20-17(21)11-13-5-7-19-8-6-13/h3-8,10H,2,9,11H2,1H3. The van der Waals surface area contributed by atoms with Crippen molar-refractivity contribution < 1.29 is 0 Å². The third kappa shape index (κ3) is 2.63. The van der Waals surface area contributed by atoms with E-state index in [1.54, 1.807) is 12.4 Å². The summed E-state index contributed by atoms with van der Waals surface area (Å²) in [6.45, 7) is 3.09. The predicted molar refractivity (Wildman–Crippen MR) is 81.8 cm³/mol. The lowest BCUT2D eigenvalue weighted by molar-refractivity contribution is 0.664. The second-order valence-corrected chi connectivity index (χ2v) is 5.03. The molecule has 0 aliphatic heterocycles. The molecule has 3 aromatic rings. The summed E-state index contributed by atoms with van der Waals surface area (Å²) in [6.07, 6.45) is 5.43. The van der Waals surface area contributed by atoms with E-state index in [0.717, 1.165) is 36.2 Å². The maximum absolute atomic E-state index is 9.02. The molecule has 0 N–H and O–H groups in total. The summed E-state index contributed by atoms with van der Waals surface area (Å²) in [4.78, 5) is 8.77. The number of aromatic nitrogens is 3. The molecule has 0 fully saturated rings. The van der Waals surface area contributed by atoms with Gasteiger partial charge in [0, 0.05) is 25.4 Å². The van der Waals surface area contributed by atoms with Crippen LogP contribution in [0.1, 0.15) is 30.3 Å².